The summed E-state index contributed by atoms with van der Waals surface area (Å²) in [5.41, 5.74) is 0.868. The molecule has 13 heavy (non-hydrogen) atoms. The highest BCUT2D eigenvalue weighted by molar-refractivity contribution is 5.78. The van der Waals surface area contributed by atoms with E-state index in [0.29, 0.717) is 0 Å². The van der Waals surface area contributed by atoms with E-state index >= 15 is 0 Å². The Hall–Kier alpha value is -1.78. The van der Waals surface area contributed by atoms with Gasteiger partial charge in [-0.15, -0.1) is 0 Å². The van der Waals surface area contributed by atoms with E-state index in [1.165, 1.54) is 6.21 Å². The topological polar surface area (TPSA) is 63.8 Å². The number of oxime groups is 1. The summed E-state index contributed by atoms with van der Waals surface area (Å²) in [6.07, 6.45) is 5.16. The molecule has 5 nitrogen and oxygen atoms in total. The van der Waals surface area contributed by atoms with Crippen molar-refractivity contribution in [2.45, 2.75) is 0 Å². The summed E-state index contributed by atoms with van der Waals surface area (Å²) in [5.74, 6) is -1.04. The molecule has 0 bridgehead atoms. The summed E-state index contributed by atoms with van der Waals surface area (Å²) in [4.78, 5) is 14.5. The van der Waals surface area contributed by atoms with Crippen LogP contribution in [0, 0.1) is 0 Å². The van der Waals surface area contributed by atoms with Crippen molar-refractivity contribution < 1.29 is 14.7 Å². The second-order valence-corrected chi connectivity index (χ2v) is 2.51. The van der Waals surface area contributed by atoms with Gasteiger partial charge in [-0.05, 0) is 6.07 Å². The first-order valence-electron chi connectivity index (χ1n) is 3.67. The molecule has 70 valence electrons. The predicted octanol–water partition coefficient (Wildman–Crippen LogP) is 0.460. The van der Waals surface area contributed by atoms with Crippen molar-refractivity contribution in [2.24, 2.45) is 12.2 Å². The first kappa shape index (κ1) is 9.31. The Morgan fingerprint density at radius 3 is 3.15 bits per heavy atom. The Labute approximate surface area is 75.2 Å². The largest absolute Gasteiger partial charge is 0.479 e. The van der Waals surface area contributed by atoms with Crippen LogP contribution in [0.3, 0.4) is 0 Å². The fourth-order valence-corrected chi connectivity index (χ4v) is 0.792. The van der Waals surface area contributed by atoms with Crippen molar-refractivity contribution in [1.82, 2.24) is 4.57 Å². The molecule has 0 saturated heterocycles. The van der Waals surface area contributed by atoms with Crippen molar-refractivity contribution in [2.75, 3.05) is 6.61 Å². The SMILES string of the molecule is Cn1ccc(C=NOCC(=O)O)c1. The van der Waals surface area contributed by atoms with Gasteiger partial charge in [0.05, 0.1) is 6.21 Å². The molecule has 0 amide bonds. The predicted molar refractivity (Wildman–Crippen MR) is 46.6 cm³/mol. The van der Waals surface area contributed by atoms with Crippen LogP contribution in [0.1, 0.15) is 5.56 Å². The van der Waals surface area contributed by atoms with Gasteiger partial charge in [-0.3, -0.25) is 0 Å². The van der Waals surface area contributed by atoms with E-state index in [0.717, 1.165) is 5.56 Å². The van der Waals surface area contributed by atoms with Gasteiger partial charge in [0.2, 0.25) is 6.61 Å². The number of carboxylic acid groups (broad SMARTS) is 1. The molecular weight excluding hydrogens is 172 g/mol. The third-order valence-electron chi connectivity index (χ3n) is 1.32. The maximum absolute atomic E-state index is 10.0. The van der Waals surface area contributed by atoms with Gasteiger partial charge in [0.15, 0.2) is 0 Å². The lowest BCUT2D eigenvalue weighted by atomic mass is 10.4. The van der Waals surface area contributed by atoms with E-state index in [9.17, 15) is 4.79 Å². The van der Waals surface area contributed by atoms with Crippen molar-refractivity contribution in [3.63, 3.8) is 0 Å². The van der Waals surface area contributed by atoms with E-state index in [1.54, 1.807) is 0 Å². The molecule has 0 saturated carbocycles. The van der Waals surface area contributed by atoms with Crippen LogP contribution in [0.5, 0.6) is 0 Å². The van der Waals surface area contributed by atoms with Gasteiger partial charge in [-0.2, -0.15) is 0 Å². The second kappa shape index (κ2) is 4.30. The monoisotopic (exact) mass is 182 g/mol. The number of hydrogen-bond donors (Lipinski definition) is 1. The van der Waals surface area contributed by atoms with Gasteiger partial charge in [0.25, 0.3) is 0 Å². The quantitative estimate of drug-likeness (QED) is 0.543. The Balaban J connectivity index is 2.36. The molecule has 1 aromatic heterocycles. The highest BCUT2D eigenvalue weighted by Crippen LogP contribution is 1.95. The Bertz CT molecular complexity index is 317. The standard InChI is InChI=1S/C8H10N2O3/c1-10-3-2-7(5-10)4-9-13-6-8(11)12/h2-5H,6H2,1H3,(H,11,12). The molecule has 0 aliphatic rings. The molecule has 1 N–H and O–H groups in total. The van der Waals surface area contributed by atoms with Crippen molar-refractivity contribution in [1.29, 1.82) is 0 Å². The molecule has 0 fully saturated rings. The molecule has 0 aliphatic heterocycles. The minimum atomic E-state index is -1.04. The summed E-state index contributed by atoms with van der Waals surface area (Å²) in [6, 6.07) is 1.84. The Kier molecular flexibility index (Phi) is 3.08. The number of nitrogens with zero attached hydrogens (tertiary/aromatic N) is 2. The van der Waals surface area contributed by atoms with Gasteiger partial charge >= 0.3 is 5.97 Å². The van der Waals surface area contributed by atoms with Crippen LogP contribution in [0.2, 0.25) is 0 Å². The molecule has 0 atom stereocenters. The van der Waals surface area contributed by atoms with Crippen LogP contribution in [-0.2, 0) is 16.7 Å². The molecule has 0 unspecified atom stereocenters. The first-order chi connectivity index (χ1) is 6.18. The Morgan fingerprint density at radius 1 is 1.85 bits per heavy atom. The average molecular weight is 182 g/mol. The van der Waals surface area contributed by atoms with Crippen LogP contribution < -0.4 is 0 Å². The minimum absolute atomic E-state index is 0.413. The minimum Gasteiger partial charge on any atom is -0.479 e. The summed E-state index contributed by atoms with van der Waals surface area (Å²) >= 11 is 0. The number of aromatic nitrogens is 1. The van der Waals surface area contributed by atoms with Crippen molar-refractivity contribution in [3.05, 3.63) is 24.0 Å². The summed E-state index contributed by atoms with van der Waals surface area (Å²) in [5, 5.41) is 11.7. The molecule has 1 rings (SSSR count). The fraction of sp³-hybridized carbons (Fsp3) is 0.250. The van der Waals surface area contributed by atoms with Crippen LogP contribution in [0.4, 0.5) is 0 Å². The smallest absolute Gasteiger partial charge is 0.344 e. The summed E-state index contributed by atoms with van der Waals surface area (Å²) in [6.45, 7) is -0.413. The van der Waals surface area contributed by atoms with Gasteiger partial charge in [-0.25, -0.2) is 4.79 Å². The van der Waals surface area contributed by atoms with Crippen molar-refractivity contribution in [3.8, 4) is 0 Å². The highest BCUT2D eigenvalue weighted by atomic mass is 16.6. The number of aliphatic carboxylic acids is 1. The zero-order valence-electron chi connectivity index (χ0n) is 7.17. The maximum atomic E-state index is 10.0. The third-order valence-corrected chi connectivity index (χ3v) is 1.32. The number of aryl methyl sites for hydroxylation is 1. The van der Waals surface area contributed by atoms with Crippen LogP contribution in [0.25, 0.3) is 0 Å². The van der Waals surface area contributed by atoms with E-state index in [-0.39, 0.29) is 0 Å². The van der Waals surface area contributed by atoms with Gasteiger partial charge in [0.1, 0.15) is 0 Å². The average Bonchev–Trinajstić information content (AvgIpc) is 2.45. The lowest BCUT2D eigenvalue weighted by Crippen LogP contribution is -2.03. The number of rotatable bonds is 4. The molecule has 0 radical (unpaired) electrons. The van der Waals surface area contributed by atoms with Gasteiger partial charge in [-0.1, -0.05) is 5.16 Å². The second-order valence-electron chi connectivity index (χ2n) is 2.51. The summed E-state index contributed by atoms with van der Waals surface area (Å²) < 4.78 is 1.86. The number of hydrogen-bond acceptors (Lipinski definition) is 3. The third kappa shape index (κ3) is 3.42. The summed E-state index contributed by atoms with van der Waals surface area (Å²) in [7, 11) is 1.88. The number of carbonyl (C=O) groups is 1. The maximum Gasteiger partial charge on any atom is 0.344 e. The molecular formula is C8H10N2O3. The lowest BCUT2D eigenvalue weighted by molar-refractivity contribution is -0.142. The molecule has 0 aromatic carbocycles. The van der Waals surface area contributed by atoms with Crippen LogP contribution >= 0.6 is 0 Å². The van der Waals surface area contributed by atoms with Gasteiger partial charge in [0, 0.05) is 25.0 Å². The molecule has 0 spiro atoms. The highest BCUT2D eigenvalue weighted by Gasteiger charge is 1.93. The molecule has 0 aliphatic carbocycles. The number of carboxylic acids is 1. The normalized spacial score (nSPS) is 10.5. The fourth-order valence-electron chi connectivity index (χ4n) is 0.792. The van der Waals surface area contributed by atoms with E-state index in [2.05, 4.69) is 9.99 Å². The van der Waals surface area contributed by atoms with Gasteiger partial charge < -0.3 is 14.5 Å². The lowest BCUT2D eigenvalue weighted by Gasteiger charge is -1.90. The zero-order valence-corrected chi connectivity index (χ0v) is 7.17. The van der Waals surface area contributed by atoms with E-state index in [4.69, 9.17) is 5.11 Å². The Morgan fingerprint density at radius 2 is 2.62 bits per heavy atom. The van der Waals surface area contributed by atoms with Crippen LogP contribution in [-0.4, -0.2) is 28.5 Å². The van der Waals surface area contributed by atoms with Crippen molar-refractivity contribution >= 4 is 12.2 Å². The molecule has 1 aromatic rings. The van der Waals surface area contributed by atoms with E-state index < -0.39 is 12.6 Å². The zero-order chi connectivity index (χ0) is 9.68. The van der Waals surface area contributed by atoms with Crippen LogP contribution in [0.15, 0.2) is 23.6 Å². The van der Waals surface area contributed by atoms with E-state index in [1.807, 2.05) is 30.1 Å². The molecule has 5 heteroatoms. The molecule has 1 heterocycles. The first-order valence-corrected chi connectivity index (χ1v) is 3.67.